The molecule has 0 spiro atoms. The molecule has 8 heteroatoms. The lowest BCUT2D eigenvalue weighted by molar-refractivity contribution is -0.116. The number of nitriles is 1. The smallest absolute Gasteiger partial charge is 0.338 e. The van der Waals surface area contributed by atoms with Crippen molar-refractivity contribution >= 4 is 17.6 Å². The fraction of sp³-hybridized carbons (Fsp3) is 0.214. The van der Waals surface area contributed by atoms with Crippen molar-refractivity contribution in [1.82, 2.24) is 14.8 Å². The summed E-state index contributed by atoms with van der Waals surface area (Å²) in [5.41, 5.74) is 0.952. The average molecular weight is 299 g/mol. The fourth-order valence-electron chi connectivity index (χ4n) is 1.67. The number of ether oxygens (including phenoxy) is 1. The third-order valence-corrected chi connectivity index (χ3v) is 2.62. The van der Waals surface area contributed by atoms with Crippen LogP contribution < -0.4 is 5.32 Å². The Kier molecular flexibility index (Phi) is 4.82. The van der Waals surface area contributed by atoms with Gasteiger partial charge in [0.15, 0.2) is 0 Å². The number of amides is 1. The van der Waals surface area contributed by atoms with Gasteiger partial charge in [-0.1, -0.05) is 0 Å². The summed E-state index contributed by atoms with van der Waals surface area (Å²) in [5.74, 6) is -0.725. The highest BCUT2D eigenvalue weighted by atomic mass is 16.5. The van der Waals surface area contributed by atoms with E-state index in [4.69, 9.17) is 10.00 Å². The summed E-state index contributed by atoms with van der Waals surface area (Å²) in [6, 6.07) is 8.12. The third-order valence-electron chi connectivity index (χ3n) is 2.62. The molecular weight excluding hydrogens is 286 g/mol. The molecule has 1 heterocycles. The molecule has 0 bridgehead atoms. The van der Waals surface area contributed by atoms with Crippen molar-refractivity contribution in [1.29, 1.82) is 5.26 Å². The molecule has 0 atom stereocenters. The van der Waals surface area contributed by atoms with Gasteiger partial charge in [0.2, 0.25) is 5.91 Å². The molecule has 1 aromatic carbocycles. The van der Waals surface area contributed by atoms with E-state index in [0.29, 0.717) is 17.9 Å². The van der Waals surface area contributed by atoms with E-state index >= 15 is 0 Å². The number of nitrogens with zero attached hydrogens (tertiary/aromatic N) is 4. The SMILES string of the molecule is CCOC(=O)c1ccc(NC(=O)Cn2cnc(C#N)n2)cc1. The van der Waals surface area contributed by atoms with Gasteiger partial charge in [-0.3, -0.25) is 4.79 Å². The predicted molar refractivity (Wildman–Crippen MR) is 75.8 cm³/mol. The van der Waals surface area contributed by atoms with E-state index in [0.717, 1.165) is 0 Å². The Hall–Kier alpha value is -3.21. The van der Waals surface area contributed by atoms with Crippen molar-refractivity contribution < 1.29 is 14.3 Å². The molecule has 1 amide bonds. The average Bonchev–Trinajstić information content (AvgIpc) is 2.95. The normalized spacial score (nSPS) is 9.82. The van der Waals surface area contributed by atoms with Crippen LogP contribution in [0.1, 0.15) is 23.1 Å². The highest BCUT2D eigenvalue weighted by Crippen LogP contribution is 2.10. The number of benzene rings is 1. The molecule has 1 N–H and O–H groups in total. The summed E-state index contributed by atoms with van der Waals surface area (Å²) in [6.45, 7) is 1.97. The Bertz CT molecular complexity index is 715. The molecule has 8 nitrogen and oxygen atoms in total. The number of aromatic nitrogens is 3. The zero-order chi connectivity index (χ0) is 15.9. The maximum atomic E-state index is 11.8. The topological polar surface area (TPSA) is 110 Å². The van der Waals surface area contributed by atoms with Gasteiger partial charge in [-0.05, 0) is 31.2 Å². The van der Waals surface area contributed by atoms with Gasteiger partial charge in [-0.15, -0.1) is 5.10 Å². The number of carbonyl (C=O) groups excluding carboxylic acids is 2. The number of hydrogen-bond acceptors (Lipinski definition) is 6. The van der Waals surface area contributed by atoms with E-state index in [1.54, 1.807) is 37.3 Å². The van der Waals surface area contributed by atoms with E-state index in [-0.39, 0.29) is 18.3 Å². The standard InChI is InChI=1S/C14H13N5O3/c1-2-22-14(21)10-3-5-11(6-4-10)17-13(20)8-19-9-16-12(7-15)18-19/h3-6,9H,2,8H2,1H3,(H,17,20). The second-order valence-corrected chi connectivity index (χ2v) is 4.22. The summed E-state index contributed by atoms with van der Waals surface area (Å²) in [4.78, 5) is 27.0. The first kappa shape index (κ1) is 15.2. The fourth-order valence-corrected chi connectivity index (χ4v) is 1.67. The van der Waals surface area contributed by atoms with E-state index in [9.17, 15) is 9.59 Å². The molecule has 2 aromatic rings. The zero-order valence-corrected chi connectivity index (χ0v) is 11.8. The van der Waals surface area contributed by atoms with Crippen LogP contribution >= 0.6 is 0 Å². The third kappa shape index (κ3) is 3.89. The highest BCUT2D eigenvalue weighted by molar-refractivity contribution is 5.92. The quantitative estimate of drug-likeness (QED) is 0.823. The minimum Gasteiger partial charge on any atom is -0.462 e. The van der Waals surface area contributed by atoms with E-state index in [1.165, 1.54) is 11.0 Å². The highest BCUT2D eigenvalue weighted by Gasteiger charge is 2.08. The molecule has 22 heavy (non-hydrogen) atoms. The Morgan fingerprint density at radius 3 is 2.68 bits per heavy atom. The Morgan fingerprint density at radius 2 is 2.09 bits per heavy atom. The largest absolute Gasteiger partial charge is 0.462 e. The number of rotatable bonds is 5. The lowest BCUT2D eigenvalue weighted by Crippen LogP contribution is -2.19. The molecule has 1 aromatic heterocycles. The van der Waals surface area contributed by atoms with Gasteiger partial charge in [-0.25, -0.2) is 14.5 Å². The van der Waals surface area contributed by atoms with Crippen molar-refractivity contribution in [2.75, 3.05) is 11.9 Å². The monoisotopic (exact) mass is 299 g/mol. The summed E-state index contributed by atoms with van der Waals surface area (Å²) in [7, 11) is 0. The van der Waals surface area contributed by atoms with Crippen molar-refractivity contribution in [3.63, 3.8) is 0 Å². The number of esters is 1. The lowest BCUT2D eigenvalue weighted by atomic mass is 10.2. The second-order valence-electron chi connectivity index (χ2n) is 4.22. The molecule has 0 aliphatic carbocycles. The van der Waals surface area contributed by atoms with Gasteiger partial charge < -0.3 is 10.1 Å². The van der Waals surface area contributed by atoms with Gasteiger partial charge >= 0.3 is 5.97 Å². The molecule has 0 aliphatic heterocycles. The summed E-state index contributed by atoms with van der Waals surface area (Å²) in [6.07, 6.45) is 1.31. The molecule has 0 aliphatic rings. The van der Waals surface area contributed by atoms with Crippen LogP contribution in [0.4, 0.5) is 5.69 Å². The zero-order valence-electron chi connectivity index (χ0n) is 11.8. The Labute approximate surface area is 126 Å². The molecule has 0 radical (unpaired) electrons. The lowest BCUT2D eigenvalue weighted by Gasteiger charge is -2.06. The van der Waals surface area contributed by atoms with Crippen LogP contribution in [0, 0.1) is 11.3 Å². The van der Waals surface area contributed by atoms with Crippen molar-refractivity contribution in [2.45, 2.75) is 13.5 Å². The molecule has 0 unspecified atom stereocenters. The van der Waals surface area contributed by atoms with Crippen LogP contribution in [-0.4, -0.2) is 33.2 Å². The molecule has 0 saturated heterocycles. The summed E-state index contributed by atoms with van der Waals surface area (Å²) < 4.78 is 6.13. The first-order valence-electron chi connectivity index (χ1n) is 6.49. The number of hydrogen-bond donors (Lipinski definition) is 1. The molecule has 0 fully saturated rings. The van der Waals surface area contributed by atoms with Crippen LogP contribution in [0.25, 0.3) is 0 Å². The van der Waals surface area contributed by atoms with Crippen molar-refractivity contribution in [3.8, 4) is 6.07 Å². The van der Waals surface area contributed by atoms with Crippen LogP contribution in [0.3, 0.4) is 0 Å². The maximum Gasteiger partial charge on any atom is 0.338 e. The minimum absolute atomic E-state index is 0.00610. The van der Waals surface area contributed by atoms with Crippen LogP contribution in [0.15, 0.2) is 30.6 Å². The first-order valence-corrected chi connectivity index (χ1v) is 6.49. The summed E-state index contributed by atoms with van der Waals surface area (Å²) in [5, 5.41) is 15.0. The Balaban J connectivity index is 1.94. The van der Waals surface area contributed by atoms with E-state index < -0.39 is 5.97 Å². The van der Waals surface area contributed by atoms with Gasteiger partial charge in [0.1, 0.15) is 18.9 Å². The van der Waals surface area contributed by atoms with E-state index in [1.807, 2.05) is 0 Å². The van der Waals surface area contributed by atoms with Crippen molar-refractivity contribution in [2.24, 2.45) is 0 Å². The van der Waals surface area contributed by atoms with Gasteiger partial charge in [-0.2, -0.15) is 5.26 Å². The van der Waals surface area contributed by atoms with Crippen LogP contribution in [-0.2, 0) is 16.1 Å². The second kappa shape index (κ2) is 6.99. The summed E-state index contributed by atoms with van der Waals surface area (Å²) >= 11 is 0. The maximum absolute atomic E-state index is 11.8. The van der Waals surface area contributed by atoms with Crippen LogP contribution in [0.5, 0.6) is 0 Å². The minimum atomic E-state index is -0.410. The molecular formula is C14H13N5O3. The Morgan fingerprint density at radius 1 is 1.36 bits per heavy atom. The van der Waals surface area contributed by atoms with Crippen LogP contribution in [0.2, 0.25) is 0 Å². The van der Waals surface area contributed by atoms with Gasteiger partial charge in [0, 0.05) is 5.69 Å². The molecule has 0 saturated carbocycles. The first-order chi connectivity index (χ1) is 10.6. The number of anilines is 1. The number of nitrogens with one attached hydrogen (secondary N) is 1. The predicted octanol–water partition coefficient (Wildman–Crippen LogP) is 0.965. The number of carbonyl (C=O) groups is 2. The van der Waals surface area contributed by atoms with Crippen molar-refractivity contribution in [3.05, 3.63) is 42.0 Å². The molecule has 2 rings (SSSR count). The van der Waals surface area contributed by atoms with Gasteiger partial charge in [0.25, 0.3) is 5.82 Å². The van der Waals surface area contributed by atoms with Gasteiger partial charge in [0.05, 0.1) is 12.2 Å². The van der Waals surface area contributed by atoms with E-state index in [2.05, 4.69) is 15.4 Å². The molecule has 112 valence electrons.